The van der Waals surface area contributed by atoms with Crippen molar-refractivity contribution >= 4 is 23.0 Å². The molecule has 1 N–H and O–H groups in total. The zero-order valence-corrected chi connectivity index (χ0v) is 21.1. The van der Waals surface area contributed by atoms with Crippen LogP contribution in [0.4, 0.5) is 0 Å². The van der Waals surface area contributed by atoms with Crippen molar-refractivity contribution in [1.29, 1.82) is 0 Å². The van der Waals surface area contributed by atoms with Crippen molar-refractivity contribution in [3.63, 3.8) is 0 Å². The number of halogens is 1. The lowest BCUT2D eigenvalue weighted by molar-refractivity contribution is 0.356. The standard InChI is InChI=1S/C27H32ClN5O/c1-5-32(24(15-19(3)12-13-28)20(4)21-10-11-21)17-23-16-25(34)33-27(29-23)30-26(31-33)22-9-7-6-8-18(2)14-22/h6-8,12-16,21H,5,9-11,17H2,1-4H3,(H,29,30,31)/b13-12+,19-15-,24-20-. The van der Waals surface area contributed by atoms with Crippen molar-refractivity contribution in [2.45, 2.75) is 53.5 Å². The van der Waals surface area contributed by atoms with E-state index in [0.717, 1.165) is 29.7 Å². The third-order valence-electron chi connectivity index (χ3n) is 6.28. The molecule has 0 aliphatic heterocycles. The molecule has 34 heavy (non-hydrogen) atoms. The molecular weight excluding hydrogens is 446 g/mol. The highest BCUT2D eigenvalue weighted by atomic mass is 35.5. The Bertz CT molecular complexity index is 1310. The Morgan fingerprint density at radius 3 is 2.82 bits per heavy atom. The molecule has 4 rings (SSSR count). The van der Waals surface area contributed by atoms with Gasteiger partial charge in [-0.25, -0.2) is 4.98 Å². The first-order valence-electron chi connectivity index (χ1n) is 11.8. The van der Waals surface area contributed by atoms with Crippen LogP contribution in [0.2, 0.25) is 0 Å². The fraction of sp³-hybridized carbons (Fsp3) is 0.370. The first-order valence-corrected chi connectivity index (χ1v) is 12.3. The van der Waals surface area contributed by atoms with Crippen LogP contribution in [-0.2, 0) is 6.54 Å². The molecule has 2 heterocycles. The largest absolute Gasteiger partial charge is 0.366 e. The minimum absolute atomic E-state index is 0.159. The lowest BCUT2D eigenvalue weighted by Gasteiger charge is -2.26. The molecule has 2 aliphatic carbocycles. The summed E-state index contributed by atoms with van der Waals surface area (Å²) in [6.45, 7) is 9.76. The number of rotatable bonds is 8. The summed E-state index contributed by atoms with van der Waals surface area (Å²) in [5, 5.41) is 3.13. The first-order chi connectivity index (χ1) is 16.4. The van der Waals surface area contributed by atoms with Gasteiger partial charge in [-0.15, -0.1) is 0 Å². The van der Waals surface area contributed by atoms with Crippen molar-refractivity contribution in [3.8, 4) is 0 Å². The molecule has 1 fully saturated rings. The first kappa shape index (κ1) is 24.0. The highest BCUT2D eigenvalue weighted by Crippen LogP contribution is 2.39. The van der Waals surface area contributed by atoms with Gasteiger partial charge in [0.25, 0.3) is 11.3 Å². The average Bonchev–Trinajstić information content (AvgIpc) is 3.60. The zero-order valence-electron chi connectivity index (χ0n) is 20.3. The molecule has 0 saturated heterocycles. The highest BCUT2D eigenvalue weighted by molar-refractivity contribution is 6.25. The molecule has 0 bridgehead atoms. The summed E-state index contributed by atoms with van der Waals surface area (Å²) < 4.78 is 1.42. The molecule has 2 aliphatic rings. The Morgan fingerprint density at radius 1 is 1.32 bits per heavy atom. The van der Waals surface area contributed by atoms with Gasteiger partial charge in [-0.1, -0.05) is 41.5 Å². The van der Waals surface area contributed by atoms with Gasteiger partial charge in [-0.2, -0.15) is 9.50 Å². The number of likely N-dealkylation sites (N-methyl/N-ethyl adjacent to an activating group) is 1. The number of hydrogen-bond acceptors (Lipinski definition) is 4. The van der Waals surface area contributed by atoms with Crippen molar-refractivity contribution in [3.05, 3.63) is 92.3 Å². The third-order valence-corrected chi connectivity index (χ3v) is 6.41. The van der Waals surface area contributed by atoms with E-state index in [0.29, 0.717) is 29.8 Å². The van der Waals surface area contributed by atoms with Crippen molar-refractivity contribution in [2.24, 2.45) is 5.92 Å². The van der Waals surface area contributed by atoms with E-state index in [1.807, 2.05) is 26.0 Å². The van der Waals surface area contributed by atoms with Crippen LogP contribution in [0.25, 0.3) is 11.4 Å². The quantitative estimate of drug-likeness (QED) is 0.480. The summed E-state index contributed by atoms with van der Waals surface area (Å²) in [6, 6.07) is 1.60. The number of aromatic amines is 1. The second kappa shape index (κ2) is 10.4. The highest BCUT2D eigenvalue weighted by Gasteiger charge is 2.27. The predicted molar refractivity (Wildman–Crippen MR) is 139 cm³/mol. The van der Waals surface area contributed by atoms with Gasteiger partial charge < -0.3 is 4.90 Å². The Morgan fingerprint density at radius 2 is 2.12 bits per heavy atom. The number of aromatic nitrogens is 4. The van der Waals surface area contributed by atoms with Gasteiger partial charge in [0.15, 0.2) is 5.82 Å². The molecule has 7 heteroatoms. The number of hydrogen-bond donors (Lipinski definition) is 1. The molecule has 2 aromatic heterocycles. The maximum Gasteiger partial charge on any atom is 0.274 e. The summed E-state index contributed by atoms with van der Waals surface area (Å²) in [4.78, 5) is 24.6. The van der Waals surface area contributed by atoms with E-state index in [2.05, 4.69) is 53.1 Å². The van der Waals surface area contributed by atoms with Crippen LogP contribution in [-0.4, -0.2) is 31.0 Å². The van der Waals surface area contributed by atoms with Gasteiger partial charge in [0.1, 0.15) is 0 Å². The Kier molecular flexibility index (Phi) is 7.37. The van der Waals surface area contributed by atoms with Crippen LogP contribution >= 0.6 is 11.6 Å². The number of nitrogens with one attached hydrogen (secondary N) is 1. The van der Waals surface area contributed by atoms with E-state index in [1.165, 1.54) is 34.2 Å². The summed E-state index contributed by atoms with van der Waals surface area (Å²) in [6.07, 6.45) is 15.5. The van der Waals surface area contributed by atoms with Gasteiger partial charge in [-0.3, -0.25) is 9.89 Å². The van der Waals surface area contributed by atoms with Crippen molar-refractivity contribution in [2.75, 3.05) is 6.54 Å². The number of H-pyrrole nitrogens is 1. The van der Waals surface area contributed by atoms with Crippen LogP contribution in [0.15, 0.2) is 75.3 Å². The maximum absolute atomic E-state index is 12.9. The SMILES string of the molecule is CCN(Cc1cc(=O)n2[nH]c(C3=CC(C)=CC=CC3)nc2n1)C(/C=C(C)\C=C\Cl)=C(/C)C1CC1. The van der Waals surface area contributed by atoms with Crippen molar-refractivity contribution < 1.29 is 0 Å². The average molecular weight is 478 g/mol. The normalized spacial score (nSPS) is 17.6. The smallest absolute Gasteiger partial charge is 0.274 e. The van der Waals surface area contributed by atoms with Gasteiger partial charge in [-0.05, 0) is 76.2 Å². The van der Waals surface area contributed by atoms with Crippen LogP contribution in [0.3, 0.4) is 0 Å². The van der Waals surface area contributed by atoms with E-state index in [1.54, 1.807) is 6.07 Å². The molecule has 178 valence electrons. The van der Waals surface area contributed by atoms with E-state index in [-0.39, 0.29) is 5.56 Å². The van der Waals surface area contributed by atoms with Crippen LogP contribution in [0, 0.1) is 5.92 Å². The topological polar surface area (TPSA) is 66.3 Å². The van der Waals surface area contributed by atoms with E-state index < -0.39 is 0 Å². The van der Waals surface area contributed by atoms with E-state index in [9.17, 15) is 4.79 Å². The summed E-state index contributed by atoms with van der Waals surface area (Å²) in [7, 11) is 0. The second-order valence-corrected chi connectivity index (χ2v) is 9.30. The Labute approximate surface area is 205 Å². The van der Waals surface area contributed by atoms with Gasteiger partial charge in [0.2, 0.25) is 0 Å². The lowest BCUT2D eigenvalue weighted by Crippen LogP contribution is -2.25. The van der Waals surface area contributed by atoms with Gasteiger partial charge >= 0.3 is 0 Å². The zero-order chi connectivity index (χ0) is 24.2. The number of nitrogens with zero attached hydrogens (tertiary/aromatic N) is 4. The molecule has 6 nitrogen and oxygen atoms in total. The fourth-order valence-electron chi connectivity index (χ4n) is 4.22. The fourth-order valence-corrected chi connectivity index (χ4v) is 4.42. The molecule has 2 aromatic rings. The molecule has 0 amide bonds. The van der Waals surface area contributed by atoms with Crippen molar-refractivity contribution in [1.82, 2.24) is 24.5 Å². The maximum atomic E-state index is 12.9. The van der Waals surface area contributed by atoms with E-state index in [4.69, 9.17) is 16.6 Å². The van der Waals surface area contributed by atoms with E-state index >= 15 is 0 Å². The summed E-state index contributed by atoms with van der Waals surface area (Å²) in [5.41, 5.74) is 7.89. The molecule has 1 saturated carbocycles. The third kappa shape index (κ3) is 5.50. The van der Waals surface area contributed by atoms with Gasteiger partial charge in [0, 0.05) is 29.4 Å². The second-order valence-electron chi connectivity index (χ2n) is 9.04. The molecule has 0 radical (unpaired) electrons. The number of fused-ring (bicyclic) bond motifs is 1. The van der Waals surface area contributed by atoms with Gasteiger partial charge in [0.05, 0.1) is 12.2 Å². The minimum Gasteiger partial charge on any atom is -0.366 e. The molecule has 0 aromatic carbocycles. The molecule has 0 unspecified atom stereocenters. The lowest BCUT2D eigenvalue weighted by atomic mass is 10.1. The van der Waals surface area contributed by atoms with Crippen LogP contribution in [0.5, 0.6) is 0 Å². The predicted octanol–water partition coefficient (Wildman–Crippen LogP) is 5.91. The summed E-state index contributed by atoms with van der Waals surface area (Å²) >= 11 is 5.81. The monoisotopic (exact) mass is 477 g/mol. The minimum atomic E-state index is -0.159. The molecule has 0 atom stereocenters. The van der Waals surface area contributed by atoms with Crippen LogP contribution in [0.1, 0.15) is 58.5 Å². The summed E-state index contributed by atoms with van der Waals surface area (Å²) in [5.74, 6) is 1.69. The number of allylic oxidation sites excluding steroid dienone is 10. The Balaban J connectivity index is 1.68. The molecular formula is C27H32ClN5O. The molecule has 0 spiro atoms. The Hall–Kier alpha value is -3.12. The van der Waals surface area contributed by atoms with Crippen LogP contribution < -0.4 is 5.56 Å².